The van der Waals surface area contributed by atoms with Gasteiger partial charge in [-0.25, -0.2) is 8.42 Å². The minimum Gasteiger partial charge on any atom is -0.486 e. The first-order valence-electron chi connectivity index (χ1n) is 12.1. The molecule has 0 saturated carbocycles. The van der Waals surface area contributed by atoms with Crippen molar-refractivity contribution < 1.29 is 27.5 Å². The molecule has 0 aromatic heterocycles. The molecule has 0 unspecified atom stereocenters. The minimum atomic E-state index is -3.83. The second kappa shape index (κ2) is 12.1. The fourth-order valence-electron chi connectivity index (χ4n) is 4.09. The number of ether oxygens (including phenoxy) is 2. The number of carbonyl (C=O) groups excluding carboxylic acids is 2. The van der Waals surface area contributed by atoms with Crippen molar-refractivity contribution in [3.63, 3.8) is 0 Å². The Kier molecular flexibility index (Phi) is 9.19. The lowest BCUT2D eigenvalue weighted by molar-refractivity contribution is -0.140. The summed E-state index contributed by atoms with van der Waals surface area (Å²) in [6, 6.07) is 11.7. The molecule has 36 heavy (non-hydrogen) atoms. The quantitative estimate of drug-likeness (QED) is 0.492. The predicted molar refractivity (Wildman–Crippen MR) is 139 cm³/mol. The van der Waals surface area contributed by atoms with E-state index in [0.29, 0.717) is 37.7 Å². The Hall–Kier alpha value is -3.27. The molecule has 0 radical (unpaired) electrons. The molecule has 3 rings (SSSR count). The number of amides is 2. The average molecular weight is 518 g/mol. The zero-order chi connectivity index (χ0) is 26.3. The highest BCUT2D eigenvalue weighted by Gasteiger charge is 2.32. The summed E-state index contributed by atoms with van der Waals surface area (Å²) in [6.07, 6.45) is 2.20. The third-order valence-corrected chi connectivity index (χ3v) is 7.00. The van der Waals surface area contributed by atoms with Gasteiger partial charge in [-0.1, -0.05) is 43.7 Å². The summed E-state index contributed by atoms with van der Waals surface area (Å²) < 4.78 is 37.7. The highest BCUT2D eigenvalue weighted by molar-refractivity contribution is 7.92. The zero-order valence-electron chi connectivity index (χ0n) is 21.3. The number of nitrogens with zero attached hydrogens (tertiary/aromatic N) is 2. The van der Waals surface area contributed by atoms with Crippen LogP contribution in [0.2, 0.25) is 0 Å². The third kappa shape index (κ3) is 6.90. The maximum Gasteiger partial charge on any atom is 0.244 e. The standard InChI is InChI=1S/C26H35N3O6S/c1-5-12-27-26(31)22(6-2)28(17-20-9-7-8-19(3)15-20)25(30)18-29(36(4,32)33)21-10-11-23-24(16-21)35-14-13-34-23/h7-11,15-16,22H,5-6,12-14,17-18H2,1-4H3,(H,27,31)/t22-/m0/s1. The molecule has 0 bridgehead atoms. The van der Waals surface area contributed by atoms with Crippen LogP contribution in [0.1, 0.15) is 37.8 Å². The van der Waals surface area contributed by atoms with Crippen molar-refractivity contribution in [3.8, 4) is 11.5 Å². The Morgan fingerprint density at radius 2 is 1.78 bits per heavy atom. The number of rotatable bonds is 11. The van der Waals surface area contributed by atoms with Gasteiger partial charge in [-0.15, -0.1) is 0 Å². The van der Waals surface area contributed by atoms with Gasteiger partial charge >= 0.3 is 0 Å². The smallest absolute Gasteiger partial charge is 0.244 e. The van der Waals surface area contributed by atoms with E-state index >= 15 is 0 Å². The summed E-state index contributed by atoms with van der Waals surface area (Å²) >= 11 is 0. The van der Waals surface area contributed by atoms with Gasteiger partial charge in [0.1, 0.15) is 25.8 Å². The Morgan fingerprint density at radius 1 is 1.06 bits per heavy atom. The van der Waals surface area contributed by atoms with Crippen LogP contribution < -0.4 is 19.1 Å². The van der Waals surface area contributed by atoms with Crippen molar-refractivity contribution in [1.29, 1.82) is 0 Å². The van der Waals surface area contributed by atoms with Crippen LogP contribution in [0.25, 0.3) is 0 Å². The van der Waals surface area contributed by atoms with Crippen molar-refractivity contribution in [3.05, 3.63) is 53.6 Å². The fourth-order valence-corrected chi connectivity index (χ4v) is 4.94. The number of anilines is 1. The molecule has 9 nitrogen and oxygen atoms in total. The lowest BCUT2D eigenvalue weighted by Crippen LogP contribution is -2.52. The van der Waals surface area contributed by atoms with E-state index in [1.807, 2.05) is 45.0 Å². The van der Waals surface area contributed by atoms with Gasteiger partial charge in [0.15, 0.2) is 11.5 Å². The van der Waals surface area contributed by atoms with E-state index in [1.165, 1.54) is 4.90 Å². The molecule has 1 aliphatic heterocycles. The SMILES string of the molecule is CCCNC(=O)[C@H](CC)N(Cc1cccc(C)c1)C(=O)CN(c1ccc2c(c1)OCCO2)S(C)(=O)=O. The second-order valence-electron chi connectivity index (χ2n) is 8.82. The number of fused-ring (bicyclic) bond motifs is 1. The largest absolute Gasteiger partial charge is 0.486 e. The lowest BCUT2D eigenvalue weighted by Gasteiger charge is -2.33. The van der Waals surface area contributed by atoms with Crippen molar-refractivity contribution >= 4 is 27.5 Å². The maximum atomic E-state index is 13.7. The number of sulfonamides is 1. The van der Waals surface area contributed by atoms with E-state index in [0.717, 1.165) is 28.1 Å². The number of hydrogen-bond donors (Lipinski definition) is 1. The van der Waals surface area contributed by atoms with Crippen molar-refractivity contribution in [1.82, 2.24) is 10.2 Å². The van der Waals surface area contributed by atoms with Crippen LogP contribution in [0.5, 0.6) is 11.5 Å². The zero-order valence-corrected chi connectivity index (χ0v) is 22.1. The Balaban J connectivity index is 1.94. The normalized spacial score (nSPS) is 13.6. The molecule has 10 heteroatoms. The van der Waals surface area contributed by atoms with Gasteiger partial charge in [0.25, 0.3) is 0 Å². The molecule has 0 spiro atoms. The molecule has 196 valence electrons. The summed E-state index contributed by atoms with van der Waals surface area (Å²) in [5.41, 5.74) is 2.17. The third-order valence-electron chi connectivity index (χ3n) is 5.86. The van der Waals surface area contributed by atoms with Crippen LogP contribution in [0.4, 0.5) is 5.69 Å². The monoisotopic (exact) mass is 517 g/mol. The van der Waals surface area contributed by atoms with E-state index in [1.54, 1.807) is 18.2 Å². The van der Waals surface area contributed by atoms with Crippen LogP contribution in [0.15, 0.2) is 42.5 Å². The van der Waals surface area contributed by atoms with Gasteiger partial charge in [-0.05, 0) is 37.5 Å². The molecular weight excluding hydrogens is 482 g/mol. The molecule has 0 aliphatic carbocycles. The van der Waals surface area contributed by atoms with Gasteiger partial charge in [-0.3, -0.25) is 13.9 Å². The predicted octanol–water partition coefficient (Wildman–Crippen LogP) is 2.87. The van der Waals surface area contributed by atoms with Gasteiger partial charge in [-0.2, -0.15) is 0 Å². The molecule has 1 N–H and O–H groups in total. The first-order valence-corrected chi connectivity index (χ1v) is 14.0. The van der Waals surface area contributed by atoms with Gasteiger partial charge in [0.2, 0.25) is 21.8 Å². The van der Waals surface area contributed by atoms with Gasteiger partial charge in [0.05, 0.1) is 11.9 Å². The van der Waals surface area contributed by atoms with Crippen LogP contribution in [-0.4, -0.2) is 63.7 Å². The van der Waals surface area contributed by atoms with Crippen LogP contribution in [-0.2, 0) is 26.2 Å². The van der Waals surface area contributed by atoms with Crippen molar-refractivity contribution in [2.45, 2.75) is 46.2 Å². The molecule has 1 aliphatic rings. The summed E-state index contributed by atoms with van der Waals surface area (Å²) in [5, 5.41) is 2.87. The number of aryl methyl sites for hydroxylation is 1. The highest BCUT2D eigenvalue weighted by Crippen LogP contribution is 2.34. The minimum absolute atomic E-state index is 0.178. The number of hydrogen-bond acceptors (Lipinski definition) is 6. The molecule has 1 atom stereocenters. The summed E-state index contributed by atoms with van der Waals surface area (Å²) in [7, 11) is -3.83. The van der Waals surface area contributed by atoms with Gasteiger partial charge in [0, 0.05) is 19.2 Å². The molecular formula is C26H35N3O6S. The molecule has 0 fully saturated rings. The fraction of sp³-hybridized carbons (Fsp3) is 0.462. The van der Waals surface area contributed by atoms with Crippen molar-refractivity contribution in [2.24, 2.45) is 0 Å². The Bertz CT molecular complexity index is 1180. The van der Waals surface area contributed by atoms with E-state index < -0.39 is 28.5 Å². The maximum absolute atomic E-state index is 13.7. The summed E-state index contributed by atoms with van der Waals surface area (Å²) in [5.74, 6) is 0.201. The van der Waals surface area contributed by atoms with Crippen LogP contribution in [0, 0.1) is 6.92 Å². The number of carbonyl (C=O) groups is 2. The number of benzene rings is 2. The van der Waals surface area contributed by atoms with E-state index in [9.17, 15) is 18.0 Å². The van der Waals surface area contributed by atoms with E-state index in [-0.39, 0.29) is 18.1 Å². The topological polar surface area (TPSA) is 105 Å². The highest BCUT2D eigenvalue weighted by atomic mass is 32.2. The second-order valence-corrected chi connectivity index (χ2v) is 10.7. The van der Waals surface area contributed by atoms with Crippen LogP contribution >= 0.6 is 0 Å². The summed E-state index contributed by atoms with van der Waals surface area (Å²) in [6.45, 7) is 6.72. The Labute approximate surface area is 213 Å². The average Bonchev–Trinajstić information content (AvgIpc) is 2.84. The lowest BCUT2D eigenvalue weighted by atomic mass is 10.1. The van der Waals surface area contributed by atoms with Gasteiger partial charge < -0.3 is 19.7 Å². The molecule has 0 saturated heterocycles. The molecule has 1 heterocycles. The van der Waals surface area contributed by atoms with Crippen molar-refractivity contribution in [2.75, 3.05) is 36.9 Å². The summed E-state index contributed by atoms with van der Waals surface area (Å²) in [4.78, 5) is 28.2. The first kappa shape index (κ1) is 27.3. The molecule has 2 aromatic carbocycles. The molecule has 2 amide bonds. The van der Waals surface area contributed by atoms with Crippen LogP contribution in [0.3, 0.4) is 0 Å². The Morgan fingerprint density at radius 3 is 2.42 bits per heavy atom. The molecule has 2 aromatic rings. The van der Waals surface area contributed by atoms with E-state index in [4.69, 9.17) is 9.47 Å². The van der Waals surface area contributed by atoms with E-state index in [2.05, 4.69) is 5.32 Å². The number of nitrogens with one attached hydrogen (secondary N) is 1. The first-order chi connectivity index (χ1) is 17.1.